The molecule has 0 radical (unpaired) electrons. The second kappa shape index (κ2) is 21.0. The van der Waals surface area contributed by atoms with Gasteiger partial charge in [-0.3, -0.25) is 19.2 Å². The van der Waals surface area contributed by atoms with Crippen molar-refractivity contribution >= 4 is 41.6 Å². The van der Waals surface area contributed by atoms with Crippen molar-refractivity contribution in [3.63, 3.8) is 0 Å². The van der Waals surface area contributed by atoms with Crippen LogP contribution in [0.4, 0.5) is 0 Å². The Morgan fingerprint density at radius 2 is 1.35 bits per heavy atom. The van der Waals surface area contributed by atoms with Crippen molar-refractivity contribution in [3.05, 3.63) is 97.8 Å². The lowest BCUT2D eigenvalue weighted by molar-refractivity contribution is -0.387. The monoisotopic (exact) mass is 823 g/mol. The number of ether oxygens (including phenoxy) is 5. The lowest BCUT2D eigenvalue weighted by Gasteiger charge is -2.09. The molecule has 0 saturated heterocycles. The first kappa shape index (κ1) is 44.2. The van der Waals surface area contributed by atoms with E-state index in [0.717, 1.165) is 50.6 Å². The normalized spacial score (nSPS) is 12.9. The van der Waals surface area contributed by atoms with Crippen LogP contribution in [0.15, 0.2) is 47.2 Å². The number of aryl methyl sites for hydroxylation is 1. The van der Waals surface area contributed by atoms with Crippen molar-refractivity contribution in [1.82, 2.24) is 9.97 Å². The van der Waals surface area contributed by atoms with Crippen LogP contribution in [-0.2, 0) is 75.2 Å². The van der Waals surface area contributed by atoms with Gasteiger partial charge in [-0.25, -0.2) is 9.79 Å². The summed E-state index contributed by atoms with van der Waals surface area (Å²) in [5, 5.41) is 0. The number of benzene rings is 1. The van der Waals surface area contributed by atoms with E-state index in [2.05, 4.69) is 15.0 Å². The number of aromatic amines is 2. The van der Waals surface area contributed by atoms with Gasteiger partial charge < -0.3 is 50.6 Å². The first-order chi connectivity index (χ1) is 25.9. The van der Waals surface area contributed by atoms with Crippen LogP contribution in [0.5, 0.6) is 0 Å². The number of hydrogen-bond donors (Lipinski definition) is 3. The second-order valence-electron chi connectivity index (χ2n) is 12.9. The largest absolute Gasteiger partial charge is 1.00 e. The van der Waals surface area contributed by atoms with Gasteiger partial charge in [0.25, 0.3) is 0 Å². The summed E-state index contributed by atoms with van der Waals surface area (Å²) in [4.78, 5) is 73.4. The molecule has 296 valence electrons. The van der Waals surface area contributed by atoms with E-state index in [1.54, 1.807) is 6.92 Å². The maximum Gasteiger partial charge on any atom is 0.355 e. The van der Waals surface area contributed by atoms with E-state index in [9.17, 15) is 24.0 Å². The summed E-state index contributed by atoms with van der Waals surface area (Å²) in [7, 11) is 4.01. The van der Waals surface area contributed by atoms with Gasteiger partial charge in [-0.15, -0.1) is 0 Å². The predicted molar refractivity (Wildman–Crippen MR) is 199 cm³/mol. The Morgan fingerprint density at radius 3 is 1.95 bits per heavy atom. The van der Waals surface area contributed by atoms with Gasteiger partial charge in [0.05, 0.1) is 40.8 Å². The predicted octanol–water partition coefficient (Wildman–Crippen LogP) is 1.03. The molecule has 4 rings (SSSR count). The Bertz CT molecular complexity index is 1970. The summed E-state index contributed by atoms with van der Waals surface area (Å²) in [6, 6.07) is 9.25. The molecule has 55 heavy (non-hydrogen) atoms. The van der Waals surface area contributed by atoms with E-state index in [-0.39, 0.29) is 86.4 Å². The summed E-state index contributed by atoms with van der Waals surface area (Å²) in [6.45, 7) is 7.80. The maximum atomic E-state index is 13.7. The summed E-state index contributed by atoms with van der Waals surface area (Å²) >= 11 is 0. The summed E-state index contributed by atoms with van der Waals surface area (Å²) < 4.78 is 25.7. The fourth-order valence-corrected chi connectivity index (χ4v) is 6.58. The topological polar surface area (TPSA) is 177 Å². The molecule has 2 aromatic heterocycles. The van der Waals surface area contributed by atoms with E-state index in [4.69, 9.17) is 23.7 Å². The average Bonchev–Trinajstić information content (AvgIpc) is 3.75. The molecule has 1 aromatic carbocycles. The molecule has 14 heteroatoms. The number of carbonyl (C=O) groups excluding carboxylic acids is 5. The molecule has 0 spiro atoms. The van der Waals surface area contributed by atoms with Gasteiger partial charge in [-0.1, -0.05) is 30.3 Å². The Kier molecular flexibility index (Phi) is 16.9. The van der Waals surface area contributed by atoms with Gasteiger partial charge in [0.2, 0.25) is 5.70 Å². The number of carbonyl (C=O) groups is 5. The molecule has 1 aliphatic rings. The van der Waals surface area contributed by atoms with Crippen LogP contribution in [0.3, 0.4) is 0 Å². The summed E-state index contributed by atoms with van der Waals surface area (Å²) in [5.41, 5.74) is 9.63. The first-order valence-corrected chi connectivity index (χ1v) is 17.9. The Labute approximate surface area is 331 Å². The van der Waals surface area contributed by atoms with E-state index in [0.29, 0.717) is 29.7 Å². The standard InChI is InChI=1S/C41H49N3O10.BrH/c1-8-53-39(48)20-31-30(16-19-38(47)52-7)40(41(49)54-23-27-12-10-9-11-13-27)44-35(31)22-33-25(3)29(15-18-37(46)51-6)34(43-33)21-32-24(2)28(26(4)42-32)14-17-36(45)50-5;/h9-13,21,42,44H,8,14-20,22-23H2,1-7H3;1H/b34-21-;. The Hall–Kier alpha value is -5.24. The number of aromatic nitrogens is 2. The van der Waals surface area contributed by atoms with E-state index < -0.39 is 17.9 Å². The van der Waals surface area contributed by atoms with Crippen LogP contribution in [0.2, 0.25) is 0 Å². The van der Waals surface area contributed by atoms with Gasteiger partial charge in [-0.2, -0.15) is 0 Å². The smallest absolute Gasteiger partial charge is 0.355 e. The van der Waals surface area contributed by atoms with Crippen molar-refractivity contribution in [2.45, 2.75) is 85.7 Å². The summed E-state index contributed by atoms with van der Waals surface area (Å²) in [5.74, 6) is -2.23. The van der Waals surface area contributed by atoms with Crippen molar-refractivity contribution in [2.24, 2.45) is 0 Å². The fraction of sp³-hybridized carbons (Fsp3) is 0.415. The van der Waals surface area contributed by atoms with Gasteiger partial charge in [0.15, 0.2) is 5.71 Å². The number of esters is 5. The second-order valence-corrected chi connectivity index (χ2v) is 12.9. The van der Waals surface area contributed by atoms with Crippen molar-refractivity contribution in [3.8, 4) is 0 Å². The van der Waals surface area contributed by atoms with E-state index in [1.807, 2.05) is 57.2 Å². The van der Waals surface area contributed by atoms with Gasteiger partial charge in [0.1, 0.15) is 12.3 Å². The number of nitrogens with one attached hydrogen (secondary N) is 3. The number of H-pyrrole nitrogens is 2. The Balaban J connectivity index is 0.00000812. The molecule has 0 amide bonds. The molecule has 0 fully saturated rings. The van der Waals surface area contributed by atoms with Gasteiger partial charge in [-0.05, 0) is 74.8 Å². The van der Waals surface area contributed by atoms with Crippen molar-refractivity contribution < 1.29 is 69.6 Å². The molecule has 0 saturated carbocycles. The molecular formula is C41H50BrN3O10. The third-order valence-corrected chi connectivity index (χ3v) is 9.56. The van der Waals surface area contributed by atoms with E-state index >= 15 is 0 Å². The molecular weight excluding hydrogens is 774 g/mol. The third-order valence-electron chi connectivity index (χ3n) is 9.56. The van der Waals surface area contributed by atoms with E-state index in [1.165, 1.54) is 21.3 Å². The van der Waals surface area contributed by atoms with Crippen LogP contribution < -0.4 is 22.0 Å². The quantitative estimate of drug-likeness (QED) is 0.124. The fourth-order valence-electron chi connectivity index (χ4n) is 6.58. The first-order valence-electron chi connectivity index (χ1n) is 17.9. The number of allylic oxidation sites excluding steroid dienone is 2. The van der Waals surface area contributed by atoms with Crippen molar-refractivity contribution in [2.75, 3.05) is 27.9 Å². The molecule has 0 atom stereocenters. The molecule has 0 unspecified atom stereocenters. The zero-order valence-corrected chi connectivity index (χ0v) is 34.1. The molecule has 3 aromatic rings. The lowest BCUT2D eigenvalue weighted by Crippen LogP contribution is -3.00. The maximum absolute atomic E-state index is 13.7. The number of hydrogen-bond acceptors (Lipinski definition) is 10. The minimum Gasteiger partial charge on any atom is -1.00 e. The van der Waals surface area contributed by atoms with Gasteiger partial charge >= 0.3 is 29.8 Å². The van der Waals surface area contributed by atoms with Crippen LogP contribution in [0.1, 0.15) is 94.9 Å². The third kappa shape index (κ3) is 11.6. The molecule has 0 aliphatic carbocycles. The molecule has 3 heterocycles. The molecule has 3 N–H and O–H groups in total. The zero-order chi connectivity index (χ0) is 39.4. The minimum absolute atomic E-state index is 0. The zero-order valence-electron chi connectivity index (χ0n) is 32.5. The summed E-state index contributed by atoms with van der Waals surface area (Å²) in [6.07, 6.45) is 3.46. The SMILES string of the molecule is CCOC(=O)Cc1c(CC2=[NH+]/C(=C\c3[nH]c(C)c(CCC(=O)OC)c3C)C(CCC(=O)OC)=C2C)[nH]c(C(=O)OCc2ccccc2)c1CCC(=O)OC.[Br-]. The van der Waals surface area contributed by atoms with Crippen molar-refractivity contribution in [1.29, 1.82) is 0 Å². The van der Waals surface area contributed by atoms with Crippen LogP contribution in [0.25, 0.3) is 6.08 Å². The van der Waals surface area contributed by atoms with Crippen LogP contribution in [0, 0.1) is 13.8 Å². The van der Waals surface area contributed by atoms with Gasteiger partial charge in [0, 0.05) is 53.6 Å². The average molecular weight is 825 g/mol. The molecule has 13 nitrogen and oxygen atoms in total. The minimum atomic E-state index is -0.633. The highest BCUT2D eigenvalue weighted by Crippen LogP contribution is 2.29. The lowest BCUT2D eigenvalue weighted by atomic mass is 9.95. The number of rotatable bonds is 18. The van der Waals surface area contributed by atoms with Crippen LogP contribution in [-0.4, -0.2) is 73.5 Å². The molecule has 0 bridgehead atoms. The highest BCUT2D eigenvalue weighted by Gasteiger charge is 2.32. The molecule has 1 aliphatic heterocycles. The highest BCUT2D eigenvalue weighted by molar-refractivity contribution is 6.01. The number of halogens is 1. The Morgan fingerprint density at radius 1 is 0.745 bits per heavy atom. The van der Waals surface area contributed by atoms with Crippen LogP contribution >= 0.6 is 0 Å². The number of methoxy groups -OCH3 is 3. The highest BCUT2D eigenvalue weighted by atomic mass is 79.9.